The minimum absolute atomic E-state index is 0.0152. The van der Waals surface area contributed by atoms with Crippen molar-refractivity contribution in [3.63, 3.8) is 0 Å². The van der Waals surface area contributed by atoms with Crippen LogP contribution in [0.25, 0.3) is 0 Å². The molecule has 8 heteroatoms. The highest BCUT2D eigenvalue weighted by Crippen LogP contribution is 2.25. The Morgan fingerprint density at radius 1 is 1.30 bits per heavy atom. The normalized spacial score (nSPS) is 18.0. The fraction of sp³-hybridized carbons (Fsp3) is 0.684. The van der Waals surface area contributed by atoms with Gasteiger partial charge in [0.1, 0.15) is 0 Å². The predicted octanol–water partition coefficient (Wildman–Crippen LogP) is 2.54. The Labute approximate surface area is 163 Å². The van der Waals surface area contributed by atoms with Crippen LogP contribution in [0.3, 0.4) is 0 Å². The molecule has 2 aliphatic rings. The van der Waals surface area contributed by atoms with Gasteiger partial charge in [-0.15, -0.1) is 11.3 Å². The second-order valence-electron chi connectivity index (χ2n) is 7.08. The zero-order valence-corrected chi connectivity index (χ0v) is 16.6. The van der Waals surface area contributed by atoms with Crippen molar-refractivity contribution < 1.29 is 19.1 Å². The van der Waals surface area contributed by atoms with Crippen LogP contribution >= 0.6 is 11.3 Å². The van der Waals surface area contributed by atoms with E-state index in [2.05, 4.69) is 4.98 Å². The van der Waals surface area contributed by atoms with Crippen molar-refractivity contribution in [3.8, 4) is 0 Å². The molecule has 0 aromatic carbocycles. The molecule has 7 nitrogen and oxygen atoms in total. The Kier molecular flexibility index (Phi) is 6.82. The molecule has 0 N–H and O–H groups in total. The predicted molar refractivity (Wildman–Crippen MR) is 103 cm³/mol. The lowest BCUT2D eigenvalue weighted by Crippen LogP contribution is -2.43. The van der Waals surface area contributed by atoms with Gasteiger partial charge in [0, 0.05) is 30.9 Å². The van der Waals surface area contributed by atoms with E-state index in [9.17, 15) is 14.4 Å². The molecule has 2 heterocycles. The van der Waals surface area contributed by atoms with Crippen molar-refractivity contribution in [3.05, 3.63) is 11.1 Å². The molecule has 2 fully saturated rings. The Bertz CT molecular complexity index is 684. The molecule has 3 rings (SSSR count). The number of likely N-dealkylation sites (N-methyl/N-ethyl adjacent to an activating group) is 1. The van der Waals surface area contributed by atoms with E-state index in [1.54, 1.807) is 10.3 Å². The number of thiazole rings is 1. The van der Waals surface area contributed by atoms with E-state index >= 15 is 0 Å². The van der Waals surface area contributed by atoms with Crippen LogP contribution in [0.5, 0.6) is 0 Å². The number of esters is 1. The molecule has 2 amide bonds. The summed E-state index contributed by atoms with van der Waals surface area (Å²) in [4.78, 5) is 44.2. The van der Waals surface area contributed by atoms with Crippen LogP contribution in [0.2, 0.25) is 0 Å². The molecule has 148 valence electrons. The van der Waals surface area contributed by atoms with Gasteiger partial charge in [-0.3, -0.25) is 19.3 Å². The van der Waals surface area contributed by atoms with E-state index < -0.39 is 5.97 Å². The molecule has 0 radical (unpaired) electrons. The molecule has 1 aliphatic carbocycles. The van der Waals surface area contributed by atoms with E-state index in [4.69, 9.17) is 4.74 Å². The maximum Gasteiger partial charge on any atom is 0.312 e. The summed E-state index contributed by atoms with van der Waals surface area (Å²) < 4.78 is 5.19. The Hall–Kier alpha value is -1.96. The topological polar surface area (TPSA) is 79.8 Å². The second kappa shape index (κ2) is 9.30. The average molecular weight is 394 g/mol. The fourth-order valence-corrected chi connectivity index (χ4v) is 4.67. The van der Waals surface area contributed by atoms with E-state index in [0.717, 1.165) is 32.1 Å². The molecular formula is C19H27N3O4S. The number of rotatable bonds is 7. The number of carbonyl (C=O) groups excluding carboxylic acids is 3. The highest BCUT2D eigenvalue weighted by Gasteiger charge is 2.26. The standard InChI is InChI=1S/C19H27N3O4S/c1-2-21(15-7-4-3-5-8-15)17(24)12-26-18(25)11-14-13-27-19(20-14)22-10-6-9-16(22)23/h13,15H,2-12H2,1H3. The van der Waals surface area contributed by atoms with Gasteiger partial charge < -0.3 is 9.64 Å². The van der Waals surface area contributed by atoms with Gasteiger partial charge in [-0.25, -0.2) is 4.98 Å². The summed E-state index contributed by atoms with van der Waals surface area (Å²) in [7, 11) is 0. The lowest BCUT2D eigenvalue weighted by atomic mass is 9.94. The lowest BCUT2D eigenvalue weighted by Gasteiger charge is -2.33. The molecule has 1 aromatic rings. The van der Waals surface area contributed by atoms with Gasteiger partial charge in [-0.05, 0) is 26.2 Å². The molecule has 0 atom stereocenters. The summed E-state index contributed by atoms with van der Waals surface area (Å²) >= 11 is 1.36. The first-order valence-corrected chi connectivity index (χ1v) is 10.7. The van der Waals surface area contributed by atoms with Crippen LogP contribution in [0, 0.1) is 0 Å². The van der Waals surface area contributed by atoms with Crippen LogP contribution in [-0.2, 0) is 25.5 Å². The molecule has 1 aliphatic heterocycles. The van der Waals surface area contributed by atoms with Gasteiger partial charge >= 0.3 is 5.97 Å². The molecule has 1 saturated carbocycles. The van der Waals surface area contributed by atoms with Gasteiger partial charge in [-0.1, -0.05) is 19.3 Å². The van der Waals surface area contributed by atoms with Gasteiger partial charge in [0.25, 0.3) is 5.91 Å². The second-order valence-corrected chi connectivity index (χ2v) is 7.92. The van der Waals surface area contributed by atoms with E-state index in [1.807, 2.05) is 11.8 Å². The molecule has 0 bridgehead atoms. The zero-order chi connectivity index (χ0) is 19.2. The largest absolute Gasteiger partial charge is 0.455 e. The van der Waals surface area contributed by atoms with Crippen molar-refractivity contribution in [1.82, 2.24) is 9.88 Å². The summed E-state index contributed by atoms with van der Waals surface area (Å²) in [5.74, 6) is -0.515. The quantitative estimate of drug-likeness (QED) is 0.665. The maximum absolute atomic E-state index is 12.4. The molecule has 0 unspecified atom stereocenters. The number of amides is 2. The Balaban J connectivity index is 1.47. The van der Waals surface area contributed by atoms with Crippen LogP contribution in [0.4, 0.5) is 5.13 Å². The fourth-order valence-electron chi connectivity index (χ4n) is 3.81. The van der Waals surface area contributed by atoms with Crippen molar-refractivity contribution in [2.75, 3.05) is 24.6 Å². The van der Waals surface area contributed by atoms with Crippen LogP contribution in [0.1, 0.15) is 57.6 Å². The van der Waals surface area contributed by atoms with Crippen LogP contribution < -0.4 is 4.90 Å². The summed E-state index contributed by atoms with van der Waals surface area (Å²) in [6.07, 6.45) is 7.01. The van der Waals surface area contributed by atoms with E-state index in [0.29, 0.717) is 30.3 Å². The first-order chi connectivity index (χ1) is 13.1. The minimum atomic E-state index is -0.465. The van der Waals surface area contributed by atoms with Crippen molar-refractivity contribution in [2.24, 2.45) is 0 Å². The number of aromatic nitrogens is 1. The third-order valence-electron chi connectivity index (χ3n) is 5.20. The van der Waals surface area contributed by atoms with Crippen molar-refractivity contribution in [1.29, 1.82) is 0 Å². The molecule has 0 spiro atoms. The lowest BCUT2D eigenvalue weighted by molar-refractivity contribution is -0.152. The highest BCUT2D eigenvalue weighted by molar-refractivity contribution is 7.14. The Morgan fingerprint density at radius 3 is 2.74 bits per heavy atom. The van der Waals surface area contributed by atoms with E-state index in [1.165, 1.54) is 17.8 Å². The minimum Gasteiger partial charge on any atom is -0.455 e. The van der Waals surface area contributed by atoms with Gasteiger partial charge in [-0.2, -0.15) is 0 Å². The summed E-state index contributed by atoms with van der Waals surface area (Å²) in [6.45, 7) is 3.06. The van der Waals surface area contributed by atoms with Crippen molar-refractivity contribution >= 4 is 34.3 Å². The zero-order valence-electron chi connectivity index (χ0n) is 15.8. The van der Waals surface area contributed by atoms with Gasteiger partial charge in [0.15, 0.2) is 11.7 Å². The third kappa shape index (κ3) is 5.06. The molecule has 27 heavy (non-hydrogen) atoms. The number of ether oxygens (including phenoxy) is 1. The molecule has 1 aromatic heterocycles. The van der Waals surface area contributed by atoms with Crippen molar-refractivity contribution in [2.45, 2.75) is 64.3 Å². The SMILES string of the molecule is CCN(C(=O)COC(=O)Cc1csc(N2CCCC2=O)n1)C1CCCCC1. The molecular weight excluding hydrogens is 366 g/mol. The molecule has 1 saturated heterocycles. The number of anilines is 1. The maximum atomic E-state index is 12.4. The highest BCUT2D eigenvalue weighted by atomic mass is 32.1. The average Bonchev–Trinajstić information content (AvgIpc) is 3.30. The van der Waals surface area contributed by atoms with Crippen LogP contribution in [0.15, 0.2) is 5.38 Å². The first kappa shape index (κ1) is 19.8. The van der Waals surface area contributed by atoms with Gasteiger partial charge in [0.2, 0.25) is 5.91 Å². The smallest absolute Gasteiger partial charge is 0.312 e. The van der Waals surface area contributed by atoms with Crippen LogP contribution in [-0.4, -0.2) is 53.4 Å². The number of carbonyl (C=O) groups is 3. The third-order valence-corrected chi connectivity index (χ3v) is 6.11. The first-order valence-electron chi connectivity index (χ1n) is 9.78. The summed E-state index contributed by atoms with van der Waals surface area (Å²) in [5.41, 5.74) is 0.576. The summed E-state index contributed by atoms with van der Waals surface area (Å²) in [5, 5.41) is 2.40. The summed E-state index contributed by atoms with van der Waals surface area (Å²) in [6, 6.07) is 0.272. The monoisotopic (exact) mass is 393 g/mol. The van der Waals surface area contributed by atoms with E-state index in [-0.39, 0.29) is 30.9 Å². The Morgan fingerprint density at radius 2 is 2.07 bits per heavy atom. The van der Waals surface area contributed by atoms with Gasteiger partial charge in [0.05, 0.1) is 12.1 Å². The number of hydrogen-bond donors (Lipinski definition) is 0. The number of nitrogens with zero attached hydrogens (tertiary/aromatic N) is 3. The number of hydrogen-bond acceptors (Lipinski definition) is 6.